The number of aryl methyl sites for hydroxylation is 1. The van der Waals surface area contributed by atoms with Gasteiger partial charge in [0.2, 0.25) is 10.0 Å². The summed E-state index contributed by atoms with van der Waals surface area (Å²) in [4.78, 5) is -1.05. The second kappa shape index (κ2) is 7.19. The van der Waals surface area contributed by atoms with Crippen LogP contribution in [0.3, 0.4) is 0 Å². The first-order valence-corrected chi connectivity index (χ1v) is 9.58. The Balaban J connectivity index is 2.27. The van der Waals surface area contributed by atoms with Gasteiger partial charge in [-0.05, 0) is 42.8 Å². The summed E-state index contributed by atoms with van der Waals surface area (Å²) in [6.45, 7) is 1.72. The molecule has 0 atom stereocenters. The molecule has 0 radical (unpaired) electrons. The van der Waals surface area contributed by atoms with Crippen LogP contribution < -0.4 is 5.14 Å². The molecule has 1 aromatic heterocycles. The quantitative estimate of drug-likeness (QED) is 0.621. The molecule has 2 aromatic carbocycles. The zero-order chi connectivity index (χ0) is 20.8. The third-order valence-electron chi connectivity index (χ3n) is 3.96. The average Bonchev–Trinajstić information content (AvgIpc) is 3.03. The fraction of sp³-hybridized carbons (Fsp3) is 0.118. The molecule has 3 rings (SSSR count). The first-order chi connectivity index (χ1) is 13.0. The van der Waals surface area contributed by atoms with Gasteiger partial charge in [-0.2, -0.15) is 5.10 Å². The number of hydrogen-bond acceptors (Lipinski definition) is 3. The summed E-state index contributed by atoms with van der Waals surface area (Å²) in [6.07, 6.45) is -2.97. The highest BCUT2D eigenvalue weighted by Gasteiger charge is 2.24. The molecule has 0 amide bonds. The largest absolute Gasteiger partial charge is 0.282 e. The Labute approximate surface area is 162 Å². The van der Waals surface area contributed by atoms with Crippen molar-refractivity contribution < 1.29 is 26.0 Å². The number of aromatic nitrogens is 2. The van der Waals surface area contributed by atoms with Crippen molar-refractivity contribution in [2.45, 2.75) is 18.2 Å². The van der Waals surface area contributed by atoms with E-state index >= 15 is 0 Å². The van der Waals surface area contributed by atoms with Crippen molar-refractivity contribution in [3.63, 3.8) is 0 Å². The van der Waals surface area contributed by atoms with E-state index in [1.54, 1.807) is 13.0 Å². The molecule has 0 bridgehead atoms. The molecule has 0 unspecified atom stereocenters. The highest BCUT2D eigenvalue weighted by molar-refractivity contribution is 7.89. The minimum Gasteiger partial charge on any atom is -0.232 e. The van der Waals surface area contributed by atoms with E-state index in [0.29, 0.717) is 22.7 Å². The molecule has 0 saturated carbocycles. The molecule has 0 spiro atoms. The zero-order valence-electron chi connectivity index (χ0n) is 14.1. The molecule has 2 N–H and O–H groups in total. The van der Waals surface area contributed by atoms with Crippen LogP contribution in [0.2, 0.25) is 5.02 Å². The highest BCUT2D eigenvalue weighted by atomic mass is 35.5. The zero-order valence-corrected chi connectivity index (χ0v) is 15.7. The minimum atomic E-state index is -4.51. The van der Waals surface area contributed by atoms with Crippen molar-refractivity contribution >= 4 is 21.6 Å². The molecule has 0 saturated heterocycles. The van der Waals surface area contributed by atoms with E-state index in [1.165, 1.54) is 12.1 Å². The van der Waals surface area contributed by atoms with Crippen molar-refractivity contribution in [3.8, 4) is 16.9 Å². The Morgan fingerprint density at radius 1 is 1.11 bits per heavy atom. The molecule has 148 valence electrons. The number of alkyl halides is 2. The third kappa shape index (κ3) is 3.75. The van der Waals surface area contributed by atoms with Crippen LogP contribution in [0, 0.1) is 18.6 Å². The summed E-state index contributed by atoms with van der Waals surface area (Å²) < 4.78 is 78.8. The number of halogens is 5. The molecule has 0 fully saturated rings. The molecule has 28 heavy (non-hydrogen) atoms. The topological polar surface area (TPSA) is 78.0 Å². The van der Waals surface area contributed by atoms with Gasteiger partial charge in [0, 0.05) is 10.6 Å². The van der Waals surface area contributed by atoms with Crippen LogP contribution in [-0.2, 0) is 10.0 Å². The predicted octanol–water partition coefficient (Wildman–Crippen LogP) is 4.36. The van der Waals surface area contributed by atoms with Gasteiger partial charge in [0.15, 0.2) is 0 Å². The van der Waals surface area contributed by atoms with Gasteiger partial charge in [-0.3, -0.25) is 0 Å². The summed E-state index contributed by atoms with van der Waals surface area (Å²) in [5.41, 5.74) is -0.425. The van der Waals surface area contributed by atoms with Crippen molar-refractivity contribution in [2.24, 2.45) is 5.14 Å². The summed E-state index contributed by atoms with van der Waals surface area (Å²) in [7, 11) is -4.51. The van der Waals surface area contributed by atoms with Crippen LogP contribution in [-0.4, -0.2) is 18.2 Å². The standard InChI is InChI=1S/C17H12ClF4N3O2S/c1-8-2-3-9(4-11(8)18)25-15(7-14(24-25)17(21)22)10-5-13(20)16(6-12(10)19)28(23,26)27/h2-7,17H,1H3,(H2,23,26,27). The van der Waals surface area contributed by atoms with Crippen LogP contribution in [0.15, 0.2) is 41.3 Å². The Kier molecular flexibility index (Phi) is 5.22. The molecule has 5 nitrogen and oxygen atoms in total. The van der Waals surface area contributed by atoms with Crippen LogP contribution in [0.5, 0.6) is 0 Å². The maximum absolute atomic E-state index is 14.6. The highest BCUT2D eigenvalue weighted by Crippen LogP contribution is 2.32. The lowest BCUT2D eigenvalue weighted by molar-refractivity contribution is 0.145. The molecular formula is C17H12ClF4N3O2S. The Hall–Kier alpha value is -2.43. The summed E-state index contributed by atoms with van der Waals surface area (Å²) in [5, 5.41) is 8.90. The Morgan fingerprint density at radius 2 is 1.79 bits per heavy atom. The van der Waals surface area contributed by atoms with E-state index in [2.05, 4.69) is 5.10 Å². The molecule has 1 heterocycles. The molecule has 0 aliphatic rings. The smallest absolute Gasteiger partial charge is 0.232 e. The van der Waals surface area contributed by atoms with Crippen molar-refractivity contribution in [1.29, 1.82) is 0 Å². The number of sulfonamides is 1. The maximum Gasteiger partial charge on any atom is 0.282 e. The Morgan fingerprint density at radius 3 is 2.36 bits per heavy atom. The number of primary sulfonamides is 1. The molecule has 0 aliphatic carbocycles. The van der Waals surface area contributed by atoms with Crippen LogP contribution in [0.4, 0.5) is 17.6 Å². The van der Waals surface area contributed by atoms with E-state index in [0.717, 1.165) is 10.7 Å². The van der Waals surface area contributed by atoms with Gasteiger partial charge in [0.25, 0.3) is 6.43 Å². The van der Waals surface area contributed by atoms with Crippen LogP contribution >= 0.6 is 11.6 Å². The number of nitrogens with two attached hydrogens (primary N) is 1. The van der Waals surface area contributed by atoms with E-state index in [9.17, 15) is 26.0 Å². The van der Waals surface area contributed by atoms with Gasteiger partial charge < -0.3 is 0 Å². The lowest BCUT2D eigenvalue weighted by Gasteiger charge is -2.11. The number of rotatable bonds is 4. The van der Waals surface area contributed by atoms with Crippen molar-refractivity contribution in [3.05, 3.63) is 64.3 Å². The van der Waals surface area contributed by atoms with Gasteiger partial charge in [-0.15, -0.1) is 0 Å². The third-order valence-corrected chi connectivity index (χ3v) is 5.29. The van der Waals surface area contributed by atoms with E-state index < -0.39 is 44.2 Å². The second-order valence-corrected chi connectivity index (χ2v) is 7.84. The fourth-order valence-corrected chi connectivity index (χ4v) is 3.32. The maximum atomic E-state index is 14.6. The number of benzene rings is 2. The molecule has 3 aromatic rings. The molecule has 0 aliphatic heterocycles. The van der Waals surface area contributed by atoms with Gasteiger partial charge in [-0.1, -0.05) is 17.7 Å². The number of hydrogen-bond donors (Lipinski definition) is 1. The fourth-order valence-electron chi connectivity index (χ4n) is 2.55. The van der Waals surface area contributed by atoms with Crippen molar-refractivity contribution in [1.82, 2.24) is 9.78 Å². The minimum absolute atomic E-state index is 0.215. The second-order valence-electron chi connectivity index (χ2n) is 5.91. The summed E-state index contributed by atoms with van der Waals surface area (Å²) in [6, 6.07) is 6.38. The van der Waals surface area contributed by atoms with Gasteiger partial charge in [0.05, 0.1) is 11.4 Å². The van der Waals surface area contributed by atoms with Gasteiger partial charge >= 0.3 is 0 Å². The first-order valence-electron chi connectivity index (χ1n) is 7.66. The van der Waals surface area contributed by atoms with Crippen LogP contribution in [0.1, 0.15) is 17.7 Å². The van der Waals surface area contributed by atoms with E-state index in [-0.39, 0.29) is 11.4 Å². The lowest BCUT2D eigenvalue weighted by atomic mass is 10.1. The Bertz CT molecular complexity index is 1180. The molecule has 11 heteroatoms. The van der Waals surface area contributed by atoms with E-state index in [1.807, 2.05) is 0 Å². The summed E-state index contributed by atoms with van der Waals surface area (Å²) in [5.74, 6) is -2.50. The molecular weight excluding hydrogens is 422 g/mol. The normalized spacial score (nSPS) is 12.0. The van der Waals surface area contributed by atoms with E-state index in [4.69, 9.17) is 16.7 Å². The van der Waals surface area contributed by atoms with Gasteiger partial charge in [-0.25, -0.2) is 35.8 Å². The SMILES string of the molecule is Cc1ccc(-n2nc(C(F)F)cc2-c2cc(F)c(S(N)(=O)=O)cc2F)cc1Cl. The summed E-state index contributed by atoms with van der Waals surface area (Å²) >= 11 is 6.05. The lowest BCUT2D eigenvalue weighted by Crippen LogP contribution is -2.15. The number of nitrogens with zero attached hydrogens (tertiary/aromatic N) is 2. The van der Waals surface area contributed by atoms with Crippen LogP contribution in [0.25, 0.3) is 16.9 Å². The van der Waals surface area contributed by atoms with Gasteiger partial charge in [0.1, 0.15) is 22.2 Å². The van der Waals surface area contributed by atoms with Crippen molar-refractivity contribution in [2.75, 3.05) is 0 Å². The predicted molar refractivity (Wildman–Crippen MR) is 95.0 cm³/mol. The first kappa shape index (κ1) is 20.3. The average molecular weight is 434 g/mol. The monoisotopic (exact) mass is 433 g/mol.